The van der Waals surface area contributed by atoms with Crippen LogP contribution in [0.25, 0.3) is 0 Å². The number of carbonyl (C=O) groups excluding carboxylic acids is 1. The highest BCUT2D eigenvalue weighted by Crippen LogP contribution is 2.33. The van der Waals surface area contributed by atoms with E-state index in [1.807, 2.05) is 0 Å². The monoisotopic (exact) mass is 304 g/mol. The van der Waals surface area contributed by atoms with Crippen LogP contribution in [0, 0.1) is 15.9 Å². The van der Waals surface area contributed by atoms with Gasteiger partial charge in [0.2, 0.25) is 0 Å². The summed E-state index contributed by atoms with van der Waals surface area (Å²) in [5.74, 6) is -1.29. The maximum Gasteiger partial charge on any atom is 0.302 e. The number of hydrogen-bond donors (Lipinski definition) is 1. The fourth-order valence-electron chi connectivity index (χ4n) is 1.88. The van der Waals surface area contributed by atoms with E-state index in [1.54, 1.807) is 30.3 Å². The van der Waals surface area contributed by atoms with Crippen molar-refractivity contribution in [1.29, 1.82) is 0 Å². The first-order valence-electron chi connectivity index (χ1n) is 6.40. The Morgan fingerprint density at radius 2 is 1.95 bits per heavy atom. The van der Waals surface area contributed by atoms with Gasteiger partial charge in [-0.3, -0.25) is 14.9 Å². The molecular weight excluding hydrogens is 291 g/mol. The molecule has 0 aliphatic rings. The summed E-state index contributed by atoms with van der Waals surface area (Å²) >= 11 is 0. The third kappa shape index (κ3) is 3.57. The summed E-state index contributed by atoms with van der Waals surface area (Å²) in [7, 11) is 0. The van der Waals surface area contributed by atoms with Gasteiger partial charge < -0.3 is 10.1 Å². The maximum atomic E-state index is 14.0. The van der Waals surface area contributed by atoms with E-state index in [2.05, 4.69) is 5.32 Å². The van der Waals surface area contributed by atoms with E-state index in [0.29, 0.717) is 5.69 Å². The fourth-order valence-corrected chi connectivity index (χ4v) is 1.88. The minimum atomic E-state index is -0.690. The van der Waals surface area contributed by atoms with E-state index < -0.39 is 23.3 Å². The first-order chi connectivity index (χ1) is 10.5. The Bertz CT molecular complexity index is 704. The lowest BCUT2D eigenvalue weighted by Gasteiger charge is -2.13. The van der Waals surface area contributed by atoms with E-state index in [4.69, 9.17) is 4.74 Å². The molecule has 6 nitrogen and oxygen atoms in total. The van der Waals surface area contributed by atoms with Crippen LogP contribution < -0.4 is 5.32 Å². The summed E-state index contributed by atoms with van der Waals surface area (Å²) in [6, 6.07) is 10.7. The van der Waals surface area contributed by atoms with Gasteiger partial charge in [0.1, 0.15) is 18.1 Å². The number of ether oxygens (including phenoxy) is 1. The molecule has 0 aromatic heterocycles. The maximum absolute atomic E-state index is 14.0. The number of rotatable bonds is 5. The van der Waals surface area contributed by atoms with Gasteiger partial charge in [-0.25, -0.2) is 4.39 Å². The van der Waals surface area contributed by atoms with Crippen LogP contribution in [0.1, 0.15) is 12.5 Å². The van der Waals surface area contributed by atoms with Crippen LogP contribution in [0.4, 0.5) is 21.5 Å². The number of anilines is 2. The summed E-state index contributed by atoms with van der Waals surface area (Å²) in [5.41, 5.74) is 0.151. The lowest BCUT2D eigenvalue weighted by Crippen LogP contribution is -2.07. The average Bonchev–Trinajstić information content (AvgIpc) is 2.47. The van der Waals surface area contributed by atoms with Gasteiger partial charge in [0.05, 0.1) is 10.5 Å². The molecule has 0 aliphatic heterocycles. The Hall–Kier alpha value is -2.96. The van der Waals surface area contributed by atoms with Crippen LogP contribution >= 0.6 is 0 Å². The Labute approximate surface area is 125 Å². The summed E-state index contributed by atoms with van der Waals surface area (Å²) in [5, 5.41) is 14.0. The largest absolute Gasteiger partial charge is 0.461 e. The Kier molecular flexibility index (Phi) is 4.67. The second-order valence-corrected chi connectivity index (χ2v) is 4.45. The summed E-state index contributed by atoms with van der Waals surface area (Å²) in [6.45, 7) is 0.789. The molecule has 0 aliphatic carbocycles. The van der Waals surface area contributed by atoms with E-state index in [0.717, 1.165) is 12.1 Å². The molecule has 22 heavy (non-hydrogen) atoms. The van der Waals surface area contributed by atoms with Crippen molar-refractivity contribution >= 4 is 23.0 Å². The first-order valence-corrected chi connectivity index (χ1v) is 6.40. The number of benzene rings is 2. The van der Waals surface area contributed by atoms with Crippen LogP contribution in [-0.2, 0) is 16.1 Å². The fraction of sp³-hybridized carbons (Fsp3) is 0.133. The number of carbonyl (C=O) groups is 1. The minimum Gasteiger partial charge on any atom is -0.461 e. The molecule has 0 heterocycles. The molecule has 114 valence electrons. The molecule has 0 fully saturated rings. The van der Waals surface area contributed by atoms with Gasteiger partial charge in [-0.05, 0) is 18.2 Å². The third-order valence-electron chi connectivity index (χ3n) is 2.89. The summed E-state index contributed by atoms with van der Waals surface area (Å²) in [6.07, 6.45) is 0. The Balaban J connectivity index is 2.48. The van der Waals surface area contributed by atoms with Gasteiger partial charge in [0, 0.05) is 18.7 Å². The topological polar surface area (TPSA) is 81.5 Å². The molecule has 0 amide bonds. The second kappa shape index (κ2) is 6.66. The zero-order valence-corrected chi connectivity index (χ0v) is 11.7. The second-order valence-electron chi connectivity index (χ2n) is 4.45. The van der Waals surface area contributed by atoms with Crippen LogP contribution in [0.3, 0.4) is 0 Å². The summed E-state index contributed by atoms with van der Waals surface area (Å²) in [4.78, 5) is 21.4. The number of hydrogen-bond acceptors (Lipinski definition) is 5. The summed E-state index contributed by atoms with van der Waals surface area (Å²) < 4.78 is 18.8. The average molecular weight is 304 g/mol. The highest BCUT2D eigenvalue weighted by atomic mass is 19.1. The highest BCUT2D eigenvalue weighted by molar-refractivity contribution is 5.74. The van der Waals surface area contributed by atoms with Crippen molar-refractivity contribution in [2.45, 2.75) is 13.5 Å². The van der Waals surface area contributed by atoms with Crippen LogP contribution in [0.2, 0.25) is 0 Å². The smallest absolute Gasteiger partial charge is 0.302 e. The van der Waals surface area contributed by atoms with Crippen LogP contribution in [-0.4, -0.2) is 10.9 Å². The van der Waals surface area contributed by atoms with E-state index >= 15 is 0 Å². The molecule has 0 saturated heterocycles. The quantitative estimate of drug-likeness (QED) is 0.519. The zero-order chi connectivity index (χ0) is 16.1. The molecule has 1 N–H and O–H groups in total. The number of halogens is 1. The molecule has 0 atom stereocenters. The van der Waals surface area contributed by atoms with Gasteiger partial charge in [0.25, 0.3) is 5.69 Å². The van der Waals surface area contributed by atoms with Gasteiger partial charge in [-0.1, -0.05) is 18.2 Å². The predicted molar refractivity (Wildman–Crippen MR) is 78.2 cm³/mol. The van der Waals surface area contributed by atoms with Gasteiger partial charge in [-0.15, -0.1) is 0 Å². The number of nitro groups is 1. The van der Waals surface area contributed by atoms with Gasteiger partial charge in [-0.2, -0.15) is 0 Å². The number of esters is 1. The molecule has 2 aromatic rings. The number of para-hydroxylation sites is 1. The highest BCUT2D eigenvalue weighted by Gasteiger charge is 2.22. The molecule has 0 unspecified atom stereocenters. The predicted octanol–water partition coefficient (Wildman–Crippen LogP) is 3.54. The van der Waals surface area contributed by atoms with E-state index in [9.17, 15) is 19.3 Å². The number of nitrogens with zero attached hydrogens (tertiary/aromatic N) is 1. The zero-order valence-electron chi connectivity index (χ0n) is 11.7. The van der Waals surface area contributed by atoms with Crippen molar-refractivity contribution in [2.75, 3.05) is 5.32 Å². The molecule has 0 radical (unpaired) electrons. The number of nitrogens with one attached hydrogen (secondary N) is 1. The van der Waals surface area contributed by atoms with Crippen LogP contribution in [0.15, 0.2) is 42.5 Å². The first kappa shape index (κ1) is 15.4. The Morgan fingerprint density at radius 3 is 2.55 bits per heavy atom. The third-order valence-corrected chi connectivity index (χ3v) is 2.89. The van der Waals surface area contributed by atoms with Gasteiger partial charge >= 0.3 is 5.97 Å². The minimum absolute atomic E-state index is 0.0301. The molecule has 7 heteroatoms. The van der Waals surface area contributed by atoms with E-state index in [-0.39, 0.29) is 16.9 Å². The lowest BCUT2D eigenvalue weighted by atomic mass is 10.1. The van der Waals surface area contributed by atoms with Crippen molar-refractivity contribution in [1.82, 2.24) is 0 Å². The molecule has 0 spiro atoms. The number of nitro benzene ring substituents is 1. The molecule has 2 aromatic carbocycles. The van der Waals surface area contributed by atoms with Crippen molar-refractivity contribution in [3.05, 3.63) is 64.0 Å². The Morgan fingerprint density at radius 1 is 1.27 bits per heavy atom. The van der Waals surface area contributed by atoms with Crippen molar-refractivity contribution in [2.24, 2.45) is 0 Å². The standard InChI is InChI=1S/C15H13FN2O4/c1-10(19)22-9-12-13(16)7-8-14(18(20)21)15(12)17-11-5-3-2-4-6-11/h2-8,17H,9H2,1H3. The van der Waals surface area contributed by atoms with Gasteiger partial charge in [0.15, 0.2) is 0 Å². The van der Waals surface area contributed by atoms with Crippen molar-refractivity contribution in [3.63, 3.8) is 0 Å². The van der Waals surface area contributed by atoms with Crippen LogP contribution in [0.5, 0.6) is 0 Å². The molecule has 0 bridgehead atoms. The molecule has 0 saturated carbocycles. The molecular formula is C15H13FN2O4. The van der Waals surface area contributed by atoms with Crippen molar-refractivity contribution in [3.8, 4) is 0 Å². The van der Waals surface area contributed by atoms with Crippen molar-refractivity contribution < 1.29 is 18.8 Å². The van der Waals surface area contributed by atoms with E-state index in [1.165, 1.54) is 6.92 Å². The SMILES string of the molecule is CC(=O)OCc1c(F)ccc([N+](=O)[O-])c1Nc1ccccc1. The molecule has 2 rings (SSSR count). The normalized spacial score (nSPS) is 10.1. The lowest BCUT2D eigenvalue weighted by molar-refractivity contribution is -0.384.